The highest BCUT2D eigenvalue weighted by atomic mass is 79.9. The molecule has 3 heteroatoms. The monoisotopic (exact) mass is 297 g/mol. The molecule has 0 amide bonds. The van der Waals surface area contributed by atoms with Crippen LogP contribution in [0.3, 0.4) is 0 Å². The zero-order chi connectivity index (χ0) is 12.1. The summed E-state index contributed by atoms with van der Waals surface area (Å²) in [5.41, 5.74) is 1.25. The molecule has 17 heavy (non-hydrogen) atoms. The fraction of sp³-hybridized carbons (Fsp3) is 0.571. The molecule has 1 heterocycles. The van der Waals surface area contributed by atoms with Gasteiger partial charge in [-0.05, 0) is 66.5 Å². The van der Waals surface area contributed by atoms with Gasteiger partial charge in [0.1, 0.15) is 12.4 Å². The number of halogens is 1. The summed E-state index contributed by atoms with van der Waals surface area (Å²) in [7, 11) is 0. The largest absolute Gasteiger partial charge is 0.491 e. The van der Waals surface area contributed by atoms with Crippen LogP contribution in [0.15, 0.2) is 22.7 Å². The van der Waals surface area contributed by atoms with Gasteiger partial charge in [-0.3, -0.25) is 4.90 Å². The first-order valence-electron chi connectivity index (χ1n) is 6.37. The van der Waals surface area contributed by atoms with E-state index in [0.29, 0.717) is 0 Å². The van der Waals surface area contributed by atoms with Crippen LogP contribution in [0.1, 0.15) is 24.8 Å². The number of ether oxygens (including phenoxy) is 1. The molecule has 0 spiro atoms. The van der Waals surface area contributed by atoms with Gasteiger partial charge in [-0.1, -0.05) is 12.5 Å². The lowest BCUT2D eigenvalue weighted by Crippen LogP contribution is -2.33. The topological polar surface area (TPSA) is 12.5 Å². The normalized spacial score (nSPS) is 17.1. The standard InChI is InChI=1S/C14H20BrNO/c1-12-5-6-14(13(15)11-12)17-10-9-16-7-3-2-4-8-16/h5-6,11H,2-4,7-10H2,1H3. The second-order valence-corrected chi connectivity index (χ2v) is 5.54. The van der Waals surface area contributed by atoms with E-state index in [4.69, 9.17) is 4.74 Å². The Morgan fingerprint density at radius 3 is 2.71 bits per heavy atom. The van der Waals surface area contributed by atoms with Gasteiger partial charge in [0.25, 0.3) is 0 Å². The molecule has 0 atom stereocenters. The molecule has 0 saturated carbocycles. The molecule has 2 nitrogen and oxygen atoms in total. The Morgan fingerprint density at radius 1 is 1.24 bits per heavy atom. The fourth-order valence-electron chi connectivity index (χ4n) is 2.19. The predicted octanol–water partition coefficient (Wildman–Crippen LogP) is 3.62. The lowest BCUT2D eigenvalue weighted by atomic mass is 10.1. The van der Waals surface area contributed by atoms with E-state index in [1.54, 1.807) is 0 Å². The molecule has 1 aliphatic heterocycles. The lowest BCUT2D eigenvalue weighted by Gasteiger charge is -2.26. The molecule has 0 bridgehead atoms. The van der Waals surface area contributed by atoms with Crippen LogP contribution >= 0.6 is 15.9 Å². The molecular weight excluding hydrogens is 278 g/mol. The molecule has 1 aromatic rings. The molecule has 94 valence electrons. The van der Waals surface area contributed by atoms with Crippen molar-refractivity contribution in [2.24, 2.45) is 0 Å². The van der Waals surface area contributed by atoms with E-state index in [2.05, 4.69) is 39.9 Å². The van der Waals surface area contributed by atoms with Crippen molar-refractivity contribution in [3.05, 3.63) is 28.2 Å². The van der Waals surface area contributed by atoms with E-state index < -0.39 is 0 Å². The van der Waals surface area contributed by atoms with E-state index in [0.717, 1.165) is 23.4 Å². The quantitative estimate of drug-likeness (QED) is 0.842. The summed E-state index contributed by atoms with van der Waals surface area (Å²) in [6.07, 6.45) is 4.07. The zero-order valence-corrected chi connectivity index (χ0v) is 12.0. The van der Waals surface area contributed by atoms with Crippen molar-refractivity contribution in [3.63, 3.8) is 0 Å². The first kappa shape index (κ1) is 12.9. The predicted molar refractivity (Wildman–Crippen MR) is 74.7 cm³/mol. The van der Waals surface area contributed by atoms with Gasteiger partial charge < -0.3 is 4.74 Å². The van der Waals surface area contributed by atoms with Crippen LogP contribution in [0.4, 0.5) is 0 Å². The van der Waals surface area contributed by atoms with Crippen molar-refractivity contribution in [1.82, 2.24) is 4.90 Å². The summed E-state index contributed by atoms with van der Waals surface area (Å²) in [4.78, 5) is 2.49. The average Bonchev–Trinajstić information content (AvgIpc) is 2.33. The molecular formula is C14H20BrNO. The minimum absolute atomic E-state index is 0.779. The van der Waals surface area contributed by atoms with Crippen LogP contribution in [0.5, 0.6) is 5.75 Å². The van der Waals surface area contributed by atoms with Gasteiger partial charge >= 0.3 is 0 Å². The second-order valence-electron chi connectivity index (χ2n) is 4.68. The van der Waals surface area contributed by atoms with Crippen molar-refractivity contribution < 1.29 is 4.74 Å². The number of hydrogen-bond donors (Lipinski definition) is 0. The van der Waals surface area contributed by atoms with Crippen LogP contribution in [-0.2, 0) is 0 Å². The van der Waals surface area contributed by atoms with Crippen molar-refractivity contribution in [3.8, 4) is 5.75 Å². The highest BCUT2D eigenvalue weighted by molar-refractivity contribution is 9.10. The average molecular weight is 298 g/mol. The summed E-state index contributed by atoms with van der Waals surface area (Å²) in [5.74, 6) is 0.951. The zero-order valence-electron chi connectivity index (χ0n) is 10.4. The first-order chi connectivity index (χ1) is 8.25. The fourth-order valence-corrected chi connectivity index (χ4v) is 2.80. The van der Waals surface area contributed by atoms with Crippen molar-refractivity contribution in [1.29, 1.82) is 0 Å². The van der Waals surface area contributed by atoms with Gasteiger partial charge in [-0.15, -0.1) is 0 Å². The summed E-state index contributed by atoms with van der Waals surface area (Å²) >= 11 is 3.53. The molecule has 0 N–H and O–H groups in total. The molecule has 0 aromatic heterocycles. The maximum absolute atomic E-state index is 5.81. The van der Waals surface area contributed by atoms with Crippen molar-refractivity contribution in [2.45, 2.75) is 26.2 Å². The van der Waals surface area contributed by atoms with E-state index >= 15 is 0 Å². The number of hydrogen-bond acceptors (Lipinski definition) is 2. The van der Waals surface area contributed by atoms with Gasteiger partial charge in [-0.2, -0.15) is 0 Å². The van der Waals surface area contributed by atoms with E-state index in [1.165, 1.54) is 37.9 Å². The smallest absolute Gasteiger partial charge is 0.133 e. The Balaban J connectivity index is 1.77. The molecule has 1 fully saturated rings. The van der Waals surface area contributed by atoms with Crippen LogP contribution < -0.4 is 4.74 Å². The van der Waals surface area contributed by atoms with E-state index in [1.807, 2.05) is 6.07 Å². The Labute approximate surface area is 112 Å². The molecule has 1 aliphatic rings. The molecule has 2 rings (SSSR count). The molecule has 0 unspecified atom stereocenters. The van der Waals surface area contributed by atoms with Crippen molar-refractivity contribution >= 4 is 15.9 Å². The van der Waals surface area contributed by atoms with Gasteiger partial charge in [-0.25, -0.2) is 0 Å². The van der Waals surface area contributed by atoms with E-state index in [9.17, 15) is 0 Å². The number of benzene rings is 1. The minimum Gasteiger partial charge on any atom is -0.491 e. The summed E-state index contributed by atoms with van der Waals surface area (Å²) in [5, 5.41) is 0. The Morgan fingerprint density at radius 2 is 2.00 bits per heavy atom. The number of rotatable bonds is 4. The Hall–Kier alpha value is -0.540. The maximum atomic E-state index is 5.81. The molecule has 0 aliphatic carbocycles. The van der Waals surface area contributed by atoms with Gasteiger partial charge in [0.2, 0.25) is 0 Å². The lowest BCUT2D eigenvalue weighted by molar-refractivity contribution is 0.183. The highest BCUT2D eigenvalue weighted by Gasteiger charge is 2.09. The van der Waals surface area contributed by atoms with Gasteiger partial charge in [0.15, 0.2) is 0 Å². The molecule has 0 radical (unpaired) electrons. The molecule has 1 saturated heterocycles. The number of piperidine rings is 1. The second kappa shape index (κ2) is 6.41. The third-order valence-corrected chi connectivity index (χ3v) is 3.82. The number of likely N-dealkylation sites (tertiary alicyclic amines) is 1. The SMILES string of the molecule is Cc1ccc(OCCN2CCCCC2)c(Br)c1. The van der Waals surface area contributed by atoms with Crippen LogP contribution in [0.2, 0.25) is 0 Å². The third kappa shape index (κ3) is 4.00. The van der Waals surface area contributed by atoms with Crippen LogP contribution in [-0.4, -0.2) is 31.1 Å². The Kier molecular flexibility index (Phi) is 4.86. The number of aryl methyl sites for hydroxylation is 1. The third-order valence-electron chi connectivity index (χ3n) is 3.20. The van der Waals surface area contributed by atoms with Gasteiger partial charge in [0, 0.05) is 6.54 Å². The van der Waals surface area contributed by atoms with Crippen LogP contribution in [0, 0.1) is 6.92 Å². The van der Waals surface area contributed by atoms with Crippen molar-refractivity contribution in [2.75, 3.05) is 26.2 Å². The van der Waals surface area contributed by atoms with Gasteiger partial charge in [0.05, 0.1) is 4.47 Å². The summed E-state index contributed by atoms with van der Waals surface area (Å²) < 4.78 is 6.86. The maximum Gasteiger partial charge on any atom is 0.133 e. The first-order valence-corrected chi connectivity index (χ1v) is 7.16. The Bertz CT molecular complexity index is 361. The minimum atomic E-state index is 0.779. The van der Waals surface area contributed by atoms with Crippen LogP contribution in [0.25, 0.3) is 0 Å². The number of nitrogens with zero attached hydrogens (tertiary/aromatic N) is 1. The summed E-state index contributed by atoms with van der Waals surface area (Å²) in [6.45, 7) is 6.38. The summed E-state index contributed by atoms with van der Waals surface area (Å²) in [6, 6.07) is 6.22. The highest BCUT2D eigenvalue weighted by Crippen LogP contribution is 2.25. The molecule has 1 aromatic carbocycles. The van der Waals surface area contributed by atoms with E-state index in [-0.39, 0.29) is 0 Å².